The minimum atomic E-state index is -0.442. The summed E-state index contributed by atoms with van der Waals surface area (Å²) in [5, 5.41) is 3.12. The summed E-state index contributed by atoms with van der Waals surface area (Å²) in [5.41, 5.74) is 7.74. The molecule has 9 heteroatoms. The number of fused-ring (bicyclic) bond motifs is 1. The van der Waals surface area contributed by atoms with Crippen LogP contribution in [-0.2, 0) is 13.0 Å². The number of nitrogen functional groups attached to an aromatic ring is 1. The fourth-order valence-electron chi connectivity index (χ4n) is 3.04. The molecule has 2 aromatic carbocycles. The number of nitrogens with two attached hydrogens (primary N) is 1. The van der Waals surface area contributed by atoms with Crippen LogP contribution in [0, 0.1) is 0 Å². The molecule has 0 aliphatic carbocycles. The summed E-state index contributed by atoms with van der Waals surface area (Å²) in [4.78, 5) is 32.0. The van der Waals surface area contributed by atoms with Crippen molar-refractivity contribution in [2.24, 2.45) is 0 Å². The number of nitrogens with one attached hydrogen (secondary N) is 1. The number of hydrogen-bond donors (Lipinski definition) is 2. The molecule has 30 heavy (non-hydrogen) atoms. The molecule has 2 heterocycles. The molecule has 8 nitrogen and oxygen atoms in total. The number of para-hydroxylation sites is 2. The molecule has 0 radical (unpaired) electrons. The number of amides is 2. The number of carbonyl (C=O) groups is 2. The van der Waals surface area contributed by atoms with Crippen molar-refractivity contribution in [1.29, 1.82) is 0 Å². The molecule has 0 bridgehead atoms. The van der Waals surface area contributed by atoms with E-state index in [1.807, 2.05) is 0 Å². The van der Waals surface area contributed by atoms with Crippen molar-refractivity contribution in [3.05, 3.63) is 64.1 Å². The van der Waals surface area contributed by atoms with E-state index in [1.165, 1.54) is 11.3 Å². The van der Waals surface area contributed by atoms with Crippen molar-refractivity contribution in [3.63, 3.8) is 0 Å². The molecular formula is C21H20N4O4S. The summed E-state index contributed by atoms with van der Waals surface area (Å²) in [5.74, 6) is 0.807. The van der Waals surface area contributed by atoms with E-state index in [-0.39, 0.29) is 5.91 Å². The number of hydrogen-bond acceptors (Lipinski definition) is 7. The SMILES string of the molecule is COc1ccc(OC(=O)N2CCc3nc(C(=O)Nc4ccccc4N)sc3C2)cc1. The van der Waals surface area contributed by atoms with Crippen molar-refractivity contribution < 1.29 is 19.1 Å². The second-order valence-electron chi connectivity index (χ2n) is 6.65. The first-order valence-corrected chi connectivity index (χ1v) is 10.1. The Balaban J connectivity index is 1.41. The Kier molecular flexibility index (Phi) is 5.53. The topological polar surface area (TPSA) is 107 Å². The Morgan fingerprint density at radius 1 is 1.13 bits per heavy atom. The van der Waals surface area contributed by atoms with Crippen molar-refractivity contribution in [2.75, 3.05) is 24.7 Å². The summed E-state index contributed by atoms with van der Waals surface area (Å²) in [7, 11) is 1.57. The molecule has 154 valence electrons. The Hall–Kier alpha value is -3.59. The van der Waals surface area contributed by atoms with Gasteiger partial charge in [0.25, 0.3) is 5.91 Å². The Bertz CT molecular complexity index is 1080. The number of nitrogens with zero attached hydrogens (tertiary/aromatic N) is 2. The zero-order chi connectivity index (χ0) is 21.1. The summed E-state index contributed by atoms with van der Waals surface area (Å²) in [6.07, 6.45) is 0.117. The largest absolute Gasteiger partial charge is 0.497 e. The van der Waals surface area contributed by atoms with Gasteiger partial charge in [0.05, 0.1) is 30.7 Å². The predicted molar refractivity (Wildman–Crippen MR) is 114 cm³/mol. The third-order valence-electron chi connectivity index (χ3n) is 4.66. The maximum Gasteiger partial charge on any atom is 0.415 e. The first-order valence-electron chi connectivity index (χ1n) is 9.28. The van der Waals surface area contributed by atoms with Gasteiger partial charge in [0.1, 0.15) is 11.5 Å². The Morgan fingerprint density at radius 2 is 1.87 bits per heavy atom. The molecular weight excluding hydrogens is 404 g/mol. The van der Waals surface area contributed by atoms with Gasteiger partial charge in [-0.25, -0.2) is 9.78 Å². The van der Waals surface area contributed by atoms with Gasteiger partial charge in [0, 0.05) is 17.8 Å². The number of benzene rings is 2. The molecule has 1 aliphatic rings. The molecule has 4 rings (SSSR count). The van der Waals surface area contributed by atoms with Gasteiger partial charge in [0.15, 0.2) is 5.01 Å². The van der Waals surface area contributed by atoms with Crippen LogP contribution < -0.4 is 20.5 Å². The van der Waals surface area contributed by atoms with E-state index in [4.69, 9.17) is 15.2 Å². The highest BCUT2D eigenvalue weighted by Gasteiger charge is 2.27. The van der Waals surface area contributed by atoms with Crippen LogP contribution >= 0.6 is 11.3 Å². The highest BCUT2D eigenvalue weighted by atomic mass is 32.1. The van der Waals surface area contributed by atoms with Gasteiger partial charge in [0.2, 0.25) is 0 Å². The smallest absolute Gasteiger partial charge is 0.415 e. The average Bonchev–Trinajstić information content (AvgIpc) is 3.19. The van der Waals surface area contributed by atoms with E-state index in [0.717, 1.165) is 10.6 Å². The van der Waals surface area contributed by atoms with Gasteiger partial charge >= 0.3 is 6.09 Å². The van der Waals surface area contributed by atoms with E-state index in [0.29, 0.717) is 47.4 Å². The molecule has 0 saturated carbocycles. The van der Waals surface area contributed by atoms with Crippen LogP contribution in [0.4, 0.5) is 16.2 Å². The third kappa shape index (κ3) is 4.20. The monoisotopic (exact) mass is 424 g/mol. The molecule has 0 fully saturated rings. The summed E-state index contributed by atoms with van der Waals surface area (Å²) in [6.45, 7) is 0.821. The molecule has 3 N–H and O–H groups in total. The summed E-state index contributed by atoms with van der Waals surface area (Å²) < 4.78 is 10.5. The normalized spacial score (nSPS) is 12.8. The summed E-state index contributed by atoms with van der Waals surface area (Å²) in [6, 6.07) is 13.9. The van der Waals surface area contributed by atoms with E-state index in [1.54, 1.807) is 60.5 Å². The molecule has 3 aromatic rings. The zero-order valence-electron chi connectivity index (χ0n) is 16.3. The number of carbonyl (C=O) groups excluding carboxylic acids is 2. The lowest BCUT2D eigenvalue weighted by Gasteiger charge is -2.25. The minimum Gasteiger partial charge on any atom is -0.497 e. The van der Waals surface area contributed by atoms with Gasteiger partial charge in [-0.2, -0.15) is 0 Å². The van der Waals surface area contributed by atoms with Gasteiger partial charge in [-0.05, 0) is 36.4 Å². The van der Waals surface area contributed by atoms with E-state index < -0.39 is 6.09 Å². The summed E-state index contributed by atoms with van der Waals surface area (Å²) >= 11 is 1.27. The number of rotatable bonds is 4. The molecule has 0 atom stereocenters. The highest BCUT2D eigenvalue weighted by Crippen LogP contribution is 2.27. The van der Waals surface area contributed by atoms with Gasteiger partial charge in [-0.15, -0.1) is 11.3 Å². The highest BCUT2D eigenvalue weighted by molar-refractivity contribution is 7.13. The van der Waals surface area contributed by atoms with E-state index in [9.17, 15) is 9.59 Å². The molecule has 1 aromatic heterocycles. The standard InChI is InChI=1S/C21H20N4O4S/c1-28-13-6-8-14(9-7-13)29-21(27)25-11-10-17-18(12-25)30-20(24-17)19(26)23-16-5-3-2-4-15(16)22/h2-9H,10-12,22H2,1H3,(H,23,26). The van der Waals surface area contributed by atoms with Crippen LogP contribution in [0.3, 0.4) is 0 Å². The number of aromatic nitrogens is 1. The second-order valence-corrected chi connectivity index (χ2v) is 7.73. The maximum absolute atomic E-state index is 12.6. The third-order valence-corrected chi connectivity index (χ3v) is 5.74. The number of methoxy groups -OCH3 is 1. The molecule has 0 saturated heterocycles. The van der Waals surface area contributed by atoms with Crippen molar-refractivity contribution >= 4 is 34.7 Å². The molecule has 2 amide bonds. The molecule has 0 spiro atoms. The average molecular weight is 424 g/mol. The fraction of sp³-hybridized carbons (Fsp3) is 0.190. The minimum absolute atomic E-state index is 0.320. The van der Waals surface area contributed by atoms with Gasteiger partial charge < -0.3 is 25.4 Å². The van der Waals surface area contributed by atoms with Gasteiger partial charge in [-0.3, -0.25) is 4.79 Å². The molecule has 1 aliphatic heterocycles. The zero-order valence-corrected chi connectivity index (χ0v) is 17.1. The number of anilines is 2. The van der Waals surface area contributed by atoms with Crippen LogP contribution in [0.2, 0.25) is 0 Å². The van der Waals surface area contributed by atoms with Crippen molar-refractivity contribution in [3.8, 4) is 11.5 Å². The maximum atomic E-state index is 12.6. The van der Waals surface area contributed by atoms with Crippen LogP contribution in [0.5, 0.6) is 11.5 Å². The van der Waals surface area contributed by atoms with Crippen molar-refractivity contribution in [1.82, 2.24) is 9.88 Å². The van der Waals surface area contributed by atoms with Crippen LogP contribution in [0.15, 0.2) is 48.5 Å². The second kappa shape index (κ2) is 8.42. The van der Waals surface area contributed by atoms with Crippen molar-refractivity contribution in [2.45, 2.75) is 13.0 Å². The molecule has 0 unspecified atom stereocenters. The quantitative estimate of drug-likeness (QED) is 0.621. The van der Waals surface area contributed by atoms with Crippen LogP contribution in [-0.4, -0.2) is 35.5 Å². The fourth-order valence-corrected chi connectivity index (χ4v) is 4.06. The number of ether oxygens (including phenoxy) is 2. The first-order chi connectivity index (χ1) is 14.5. The first kappa shape index (κ1) is 19.7. The van der Waals surface area contributed by atoms with Crippen LogP contribution in [0.25, 0.3) is 0 Å². The Morgan fingerprint density at radius 3 is 2.60 bits per heavy atom. The lowest BCUT2D eigenvalue weighted by molar-refractivity contribution is 0.102. The lowest BCUT2D eigenvalue weighted by atomic mass is 10.2. The van der Waals surface area contributed by atoms with Gasteiger partial charge in [-0.1, -0.05) is 12.1 Å². The lowest BCUT2D eigenvalue weighted by Crippen LogP contribution is -2.37. The predicted octanol–water partition coefficient (Wildman–Crippen LogP) is 3.54. The number of thiazole rings is 1. The Labute approximate surface area is 177 Å². The van der Waals surface area contributed by atoms with Crippen LogP contribution in [0.1, 0.15) is 20.4 Å². The van der Waals surface area contributed by atoms with E-state index in [2.05, 4.69) is 10.3 Å². The van der Waals surface area contributed by atoms with E-state index >= 15 is 0 Å².